The molecular weight excluding hydrogens is 447 g/mol. The highest BCUT2D eigenvalue weighted by Gasteiger charge is 2.27. The lowest BCUT2D eigenvalue weighted by molar-refractivity contribution is -0.679. The summed E-state index contributed by atoms with van der Waals surface area (Å²) in [5, 5.41) is 0. The van der Waals surface area contributed by atoms with E-state index >= 15 is 0 Å². The van der Waals surface area contributed by atoms with Crippen molar-refractivity contribution in [2.45, 2.75) is 6.54 Å². The highest BCUT2D eigenvalue weighted by Crippen LogP contribution is 2.26. The lowest BCUT2D eigenvalue weighted by atomic mass is 10.0. The third-order valence-corrected chi connectivity index (χ3v) is 4.84. The van der Waals surface area contributed by atoms with Gasteiger partial charge in [-0.05, 0) is 23.3 Å². The molecule has 0 aliphatic heterocycles. The molecule has 1 heterocycles. The summed E-state index contributed by atoms with van der Waals surface area (Å²) in [6.07, 6.45) is 0. The molecule has 34 heavy (non-hydrogen) atoms. The molecule has 0 aliphatic rings. The molecule has 2 N–H and O–H groups in total. The van der Waals surface area contributed by atoms with Crippen LogP contribution >= 0.6 is 0 Å². The SMILES string of the molecule is F[B-](F)(F)F.NOC(=O)c1cc(-c2ccccc2)cc(-c2ccccc2)[n+]1Cc1ccccc1. The van der Waals surface area contributed by atoms with Gasteiger partial charge >= 0.3 is 13.2 Å². The Bertz CT molecular complexity index is 1220. The van der Waals surface area contributed by atoms with E-state index in [0.717, 1.165) is 27.9 Å². The van der Waals surface area contributed by atoms with Crippen LogP contribution in [0.1, 0.15) is 16.1 Å². The van der Waals surface area contributed by atoms with Crippen LogP contribution in [0.3, 0.4) is 0 Å². The summed E-state index contributed by atoms with van der Waals surface area (Å²) in [4.78, 5) is 17.3. The zero-order valence-corrected chi connectivity index (χ0v) is 18.0. The van der Waals surface area contributed by atoms with Crippen LogP contribution in [0.15, 0.2) is 103 Å². The van der Waals surface area contributed by atoms with Crippen molar-refractivity contribution in [2.24, 2.45) is 5.90 Å². The number of nitrogens with two attached hydrogens (primary N) is 1. The fourth-order valence-electron chi connectivity index (χ4n) is 3.43. The van der Waals surface area contributed by atoms with Crippen LogP contribution in [-0.4, -0.2) is 13.2 Å². The molecule has 174 valence electrons. The van der Waals surface area contributed by atoms with Gasteiger partial charge in [0.05, 0.1) is 0 Å². The van der Waals surface area contributed by atoms with E-state index in [2.05, 4.69) is 10.9 Å². The van der Waals surface area contributed by atoms with Gasteiger partial charge in [-0.25, -0.2) is 4.79 Å². The zero-order valence-electron chi connectivity index (χ0n) is 18.0. The van der Waals surface area contributed by atoms with Crippen molar-refractivity contribution < 1.29 is 31.5 Å². The second kappa shape index (κ2) is 11.2. The Hall–Kier alpha value is -3.98. The van der Waals surface area contributed by atoms with Gasteiger partial charge in [-0.3, -0.25) is 0 Å². The Kier molecular flexibility index (Phi) is 8.16. The van der Waals surface area contributed by atoms with Crippen molar-refractivity contribution >= 4 is 13.2 Å². The van der Waals surface area contributed by atoms with Gasteiger partial charge in [-0.1, -0.05) is 78.9 Å². The van der Waals surface area contributed by atoms with Crippen molar-refractivity contribution in [3.63, 3.8) is 0 Å². The van der Waals surface area contributed by atoms with Gasteiger partial charge in [-0.2, -0.15) is 10.5 Å². The molecule has 4 rings (SSSR count). The summed E-state index contributed by atoms with van der Waals surface area (Å²) >= 11 is 0. The van der Waals surface area contributed by atoms with Crippen molar-refractivity contribution in [1.29, 1.82) is 0 Å². The molecule has 4 aromatic rings. The van der Waals surface area contributed by atoms with Crippen molar-refractivity contribution in [3.05, 3.63) is 114 Å². The molecule has 4 nitrogen and oxygen atoms in total. The third kappa shape index (κ3) is 7.01. The van der Waals surface area contributed by atoms with Gasteiger partial charge in [0.25, 0.3) is 5.69 Å². The van der Waals surface area contributed by atoms with E-state index in [1.165, 1.54) is 0 Å². The molecule has 0 fully saturated rings. The molecule has 1 aromatic heterocycles. The Morgan fingerprint density at radius 1 is 0.735 bits per heavy atom. The summed E-state index contributed by atoms with van der Waals surface area (Å²) in [6.45, 7) is 0.518. The minimum absolute atomic E-state index is 0.400. The van der Waals surface area contributed by atoms with Crippen LogP contribution < -0.4 is 10.5 Å². The fourth-order valence-corrected chi connectivity index (χ4v) is 3.43. The zero-order chi connectivity index (χ0) is 24.6. The number of nitrogens with zero attached hydrogens (tertiary/aromatic N) is 1. The molecule has 0 unspecified atom stereocenters. The molecule has 3 aromatic carbocycles. The molecule has 0 spiro atoms. The lowest BCUT2D eigenvalue weighted by Crippen LogP contribution is -2.44. The molecule has 0 aliphatic carbocycles. The minimum Gasteiger partial charge on any atom is -0.418 e. The van der Waals surface area contributed by atoms with E-state index < -0.39 is 13.2 Å². The molecule has 9 heteroatoms. The van der Waals surface area contributed by atoms with Gasteiger partial charge < -0.3 is 22.1 Å². The fraction of sp³-hybridized carbons (Fsp3) is 0.0400. The Morgan fingerprint density at radius 3 is 1.71 bits per heavy atom. The Morgan fingerprint density at radius 2 is 1.21 bits per heavy atom. The van der Waals surface area contributed by atoms with Gasteiger partial charge in [0.1, 0.15) is 0 Å². The summed E-state index contributed by atoms with van der Waals surface area (Å²) in [6, 6.07) is 33.9. The number of aromatic nitrogens is 1. The average Bonchev–Trinajstić information content (AvgIpc) is 2.84. The third-order valence-electron chi connectivity index (χ3n) is 4.84. The molecule has 0 amide bonds. The molecule has 0 saturated carbocycles. The van der Waals surface area contributed by atoms with Crippen LogP contribution in [0.2, 0.25) is 0 Å². The second-order valence-corrected chi connectivity index (χ2v) is 7.22. The van der Waals surface area contributed by atoms with E-state index in [1.54, 1.807) is 0 Å². The number of benzene rings is 3. The highest BCUT2D eigenvalue weighted by molar-refractivity contribution is 6.50. The van der Waals surface area contributed by atoms with Crippen LogP contribution in [0.5, 0.6) is 0 Å². The molecule has 0 saturated heterocycles. The summed E-state index contributed by atoms with van der Waals surface area (Å²) in [5.41, 5.74) is 5.34. The maximum Gasteiger partial charge on any atom is 0.673 e. The van der Waals surface area contributed by atoms with Crippen LogP contribution in [0, 0.1) is 0 Å². The van der Waals surface area contributed by atoms with Crippen molar-refractivity contribution in [1.82, 2.24) is 0 Å². The van der Waals surface area contributed by atoms with E-state index in [-0.39, 0.29) is 0 Å². The number of rotatable bonds is 5. The van der Waals surface area contributed by atoms with E-state index in [1.807, 2.05) is 102 Å². The molecule has 0 radical (unpaired) electrons. The van der Waals surface area contributed by atoms with Gasteiger partial charge in [0, 0.05) is 23.3 Å². The van der Waals surface area contributed by atoms with Gasteiger partial charge in [-0.15, -0.1) is 0 Å². The normalized spacial score (nSPS) is 10.7. The van der Waals surface area contributed by atoms with Crippen LogP contribution in [-0.2, 0) is 11.4 Å². The predicted molar refractivity (Wildman–Crippen MR) is 123 cm³/mol. The smallest absolute Gasteiger partial charge is 0.418 e. The minimum atomic E-state index is -6.00. The first-order chi connectivity index (χ1) is 16.3. The maximum atomic E-state index is 12.6. The largest absolute Gasteiger partial charge is 0.673 e. The maximum absolute atomic E-state index is 12.6. The predicted octanol–water partition coefficient (Wildman–Crippen LogP) is 5.69. The van der Waals surface area contributed by atoms with Gasteiger partial charge in [0.2, 0.25) is 5.69 Å². The molecule has 0 bridgehead atoms. The van der Waals surface area contributed by atoms with Crippen LogP contribution in [0.4, 0.5) is 17.3 Å². The Labute approximate surface area is 194 Å². The first-order valence-electron chi connectivity index (χ1n) is 10.3. The second-order valence-electron chi connectivity index (χ2n) is 7.22. The Balaban J connectivity index is 0.000000588. The van der Waals surface area contributed by atoms with Crippen molar-refractivity contribution in [2.75, 3.05) is 0 Å². The van der Waals surface area contributed by atoms with E-state index in [4.69, 9.17) is 5.90 Å². The first kappa shape index (κ1) is 24.7. The number of carbonyl (C=O) groups is 1. The molecular formula is C25H21BF4N2O2. The number of carbonyl (C=O) groups excluding carboxylic acids is 1. The monoisotopic (exact) mass is 468 g/mol. The number of halogens is 4. The first-order valence-corrected chi connectivity index (χ1v) is 10.3. The topological polar surface area (TPSA) is 56.2 Å². The highest BCUT2D eigenvalue weighted by atomic mass is 19.5. The van der Waals surface area contributed by atoms with Crippen LogP contribution in [0.25, 0.3) is 22.4 Å². The summed E-state index contributed by atoms with van der Waals surface area (Å²) in [7, 11) is -6.00. The lowest BCUT2D eigenvalue weighted by Gasteiger charge is -2.11. The van der Waals surface area contributed by atoms with Crippen molar-refractivity contribution in [3.8, 4) is 22.4 Å². The quantitative estimate of drug-likeness (QED) is 0.177. The number of pyridine rings is 1. The average molecular weight is 468 g/mol. The number of hydrogen-bond donors (Lipinski definition) is 1. The molecule has 0 atom stereocenters. The standard InChI is InChI=1S/C25H21N2O2.BF4/c26-29-25(28)24-17-22(20-12-6-2-7-13-20)16-23(21-14-8-3-9-15-21)27(24)18-19-10-4-1-5-11-19;2-1(3,4)5/h1-17H,18,26H2;/q+1;-1. The van der Waals surface area contributed by atoms with E-state index in [0.29, 0.717) is 12.2 Å². The number of hydrogen-bond acceptors (Lipinski definition) is 3. The summed E-state index contributed by atoms with van der Waals surface area (Å²) in [5.74, 6) is 4.71. The summed E-state index contributed by atoms with van der Waals surface area (Å²) < 4.78 is 41.0. The van der Waals surface area contributed by atoms with E-state index in [9.17, 15) is 22.1 Å². The van der Waals surface area contributed by atoms with Gasteiger partial charge in [0.15, 0.2) is 6.54 Å².